The van der Waals surface area contributed by atoms with Crippen molar-refractivity contribution in [1.29, 1.82) is 0 Å². The number of rotatable bonds is 15. The molecule has 0 saturated heterocycles. The minimum absolute atomic E-state index is 0.0856. The third kappa shape index (κ3) is 7.38. The van der Waals surface area contributed by atoms with Crippen molar-refractivity contribution in [2.75, 3.05) is 4.90 Å². The molecule has 0 spiro atoms. The Bertz CT molecular complexity index is 2040. The molecule has 0 aromatic heterocycles. The van der Waals surface area contributed by atoms with Crippen molar-refractivity contribution >= 4 is 17.1 Å². The van der Waals surface area contributed by atoms with Crippen LogP contribution in [0.25, 0.3) is 33.4 Å². The van der Waals surface area contributed by atoms with Gasteiger partial charge in [-0.25, -0.2) is 0 Å². The van der Waals surface area contributed by atoms with Crippen molar-refractivity contribution in [3.05, 3.63) is 162 Å². The van der Waals surface area contributed by atoms with E-state index in [9.17, 15) is 0 Å². The second-order valence-electron chi connectivity index (χ2n) is 15.1. The summed E-state index contributed by atoms with van der Waals surface area (Å²) >= 11 is 0. The number of hydrogen-bond donors (Lipinski definition) is 0. The topological polar surface area (TPSA) is 3.24 Å². The fourth-order valence-electron chi connectivity index (χ4n) is 8.54. The van der Waals surface area contributed by atoms with Gasteiger partial charge in [-0.05, 0) is 114 Å². The maximum atomic E-state index is 2.57. The van der Waals surface area contributed by atoms with Crippen LogP contribution < -0.4 is 4.90 Å². The first-order chi connectivity index (χ1) is 25.5. The summed E-state index contributed by atoms with van der Waals surface area (Å²) in [7, 11) is 0. The van der Waals surface area contributed by atoms with Gasteiger partial charge in [0.05, 0.1) is 0 Å². The van der Waals surface area contributed by atoms with Crippen LogP contribution in [0.15, 0.2) is 140 Å². The molecule has 0 N–H and O–H groups in total. The van der Waals surface area contributed by atoms with E-state index >= 15 is 0 Å². The molecule has 0 fully saturated rings. The van der Waals surface area contributed by atoms with Crippen LogP contribution in [0.4, 0.5) is 17.1 Å². The summed E-state index contributed by atoms with van der Waals surface area (Å²) < 4.78 is 0. The fraction of sp³-hybridized carbons (Fsp3) is 0.294. The van der Waals surface area contributed by atoms with E-state index in [0.717, 1.165) is 17.1 Å². The lowest BCUT2D eigenvalue weighted by molar-refractivity contribution is 0.401. The molecule has 6 aromatic rings. The van der Waals surface area contributed by atoms with Crippen molar-refractivity contribution < 1.29 is 0 Å². The van der Waals surface area contributed by atoms with Gasteiger partial charge in [0, 0.05) is 22.5 Å². The molecule has 0 amide bonds. The van der Waals surface area contributed by atoms with Crippen molar-refractivity contribution in [3.8, 4) is 33.4 Å². The van der Waals surface area contributed by atoms with E-state index in [4.69, 9.17) is 0 Å². The highest BCUT2D eigenvalue weighted by Gasteiger charge is 2.42. The molecule has 0 saturated carbocycles. The molecule has 0 heterocycles. The van der Waals surface area contributed by atoms with E-state index in [1.54, 1.807) is 11.1 Å². The van der Waals surface area contributed by atoms with Crippen LogP contribution in [0.2, 0.25) is 0 Å². The Balaban J connectivity index is 1.25. The zero-order chi connectivity index (χ0) is 35.9. The van der Waals surface area contributed by atoms with E-state index < -0.39 is 0 Å². The van der Waals surface area contributed by atoms with Gasteiger partial charge in [-0.3, -0.25) is 0 Å². The molecular formula is C51H55N. The van der Waals surface area contributed by atoms with Crippen LogP contribution in [-0.4, -0.2) is 0 Å². The molecule has 1 aliphatic rings. The summed E-state index contributed by atoms with van der Waals surface area (Å²) in [5, 5.41) is 0. The molecule has 264 valence electrons. The lowest BCUT2D eigenvalue weighted by Gasteiger charge is -2.33. The predicted octanol–water partition coefficient (Wildman–Crippen LogP) is 15.3. The number of hydrogen-bond acceptors (Lipinski definition) is 1. The first-order valence-corrected chi connectivity index (χ1v) is 19.9. The number of benzene rings is 6. The quantitative estimate of drug-likeness (QED) is 0.0975. The van der Waals surface area contributed by atoms with Gasteiger partial charge in [-0.15, -0.1) is 0 Å². The molecule has 6 aromatic carbocycles. The largest absolute Gasteiger partial charge is 0.311 e. The summed E-state index contributed by atoms with van der Waals surface area (Å²) in [6.45, 7) is 9.07. The second-order valence-corrected chi connectivity index (χ2v) is 15.1. The third-order valence-corrected chi connectivity index (χ3v) is 11.4. The van der Waals surface area contributed by atoms with Crippen LogP contribution in [0.3, 0.4) is 0 Å². The minimum Gasteiger partial charge on any atom is -0.311 e. The molecule has 52 heavy (non-hydrogen) atoms. The van der Waals surface area contributed by atoms with Gasteiger partial charge in [-0.2, -0.15) is 0 Å². The van der Waals surface area contributed by atoms with Crippen LogP contribution in [0.1, 0.15) is 100 Å². The molecule has 0 unspecified atom stereocenters. The fourth-order valence-corrected chi connectivity index (χ4v) is 8.54. The van der Waals surface area contributed by atoms with Gasteiger partial charge in [0.15, 0.2) is 0 Å². The number of fused-ring (bicyclic) bond motifs is 3. The maximum absolute atomic E-state index is 2.57. The van der Waals surface area contributed by atoms with Gasteiger partial charge < -0.3 is 4.90 Å². The molecule has 1 nitrogen and oxygen atoms in total. The Hall–Kier alpha value is -4.88. The van der Waals surface area contributed by atoms with Gasteiger partial charge in [-0.1, -0.05) is 173 Å². The molecule has 0 bridgehead atoms. The Morgan fingerprint density at radius 1 is 0.404 bits per heavy atom. The molecular weight excluding hydrogens is 627 g/mol. The Morgan fingerprint density at radius 3 is 1.40 bits per heavy atom. The zero-order valence-corrected chi connectivity index (χ0v) is 31.8. The average Bonchev–Trinajstić information content (AvgIpc) is 3.44. The van der Waals surface area contributed by atoms with Crippen molar-refractivity contribution in [2.45, 2.75) is 97.3 Å². The van der Waals surface area contributed by atoms with E-state index in [2.05, 4.69) is 172 Å². The summed E-state index contributed by atoms with van der Waals surface area (Å²) in [5.41, 5.74) is 17.3. The number of anilines is 3. The second kappa shape index (κ2) is 16.2. The summed E-state index contributed by atoms with van der Waals surface area (Å²) in [4.78, 5) is 2.37. The molecule has 0 aliphatic heterocycles. The van der Waals surface area contributed by atoms with Crippen LogP contribution in [0, 0.1) is 13.8 Å². The molecule has 1 heteroatoms. The van der Waals surface area contributed by atoms with Crippen LogP contribution >= 0.6 is 0 Å². The molecule has 7 rings (SSSR count). The van der Waals surface area contributed by atoms with Gasteiger partial charge >= 0.3 is 0 Å². The van der Waals surface area contributed by atoms with Gasteiger partial charge in [0.2, 0.25) is 0 Å². The van der Waals surface area contributed by atoms with E-state index in [0.29, 0.717) is 0 Å². The van der Waals surface area contributed by atoms with E-state index in [1.165, 1.54) is 109 Å². The standard InChI is InChI=1S/C51H55N/c1-5-7-9-14-34-51(35-15-10-8-6-2)49-36-39(4)20-32-47(49)48-33-25-43(37-50(48)51)42-23-30-46(31-24-42)52(44-26-18-38(3)19-27-44)45-28-21-41(22-29-45)40-16-12-11-13-17-40/h11-13,16-33,36-37H,5-10,14-15,34-35H2,1-4H3. The van der Waals surface area contributed by atoms with E-state index in [-0.39, 0.29) is 5.41 Å². The normalized spacial score (nSPS) is 12.8. The Labute approximate surface area is 313 Å². The highest BCUT2D eigenvalue weighted by Crippen LogP contribution is 2.55. The van der Waals surface area contributed by atoms with Gasteiger partial charge in [0.1, 0.15) is 0 Å². The summed E-state index contributed by atoms with van der Waals surface area (Å²) in [6.07, 6.45) is 12.9. The molecule has 1 aliphatic carbocycles. The first kappa shape index (κ1) is 35.5. The molecule has 0 radical (unpaired) electrons. The highest BCUT2D eigenvalue weighted by molar-refractivity contribution is 5.85. The highest BCUT2D eigenvalue weighted by atomic mass is 15.1. The van der Waals surface area contributed by atoms with Crippen molar-refractivity contribution in [2.24, 2.45) is 0 Å². The number of aryl methyl sites for hydroxylation is 2. The maximum Gasteiger partial charge on any atom is 0.0462 e. The predicted molar refractivity (Wildman–Crippen MR) is 225 cm³/mol. The lowest BCUT2D eigenvalue weighted by Crippen LogP contribution is -2.25. The average molecular weight is 682 g/mol. The lowest BCUT2D eigenvalue weighted by atomic mass is 9.70. The first-order valence-electron chi connectivity index (χ1n) is 19.9. The monoisotopic (exact) mass is 681 g/mol. The van der Waals surface area contributed by atoms with Crippen LogP contribution in [0.5, 0.6) is 0 Å². The minimum atomic E-state index is 0.0856. The van der Waals surface area contributed by atoms with Gasteiger partial charge in [0.25, 0.3) is 0 Å². The summed E-state index contributed by atoms with van der Waals surface area (Å²) in [6, 6.07) is 52.3. The Morgan fingerprint density at radius 2 is 0.846 bits per heavy atom. The summed E-state index contributed by atoms with van der Waals surface area (Å²) in [5.74, 6) is 0. The Kier molecular flexibility index (Phi) is 11.1. The van der Waals surface area contributed by atoms with Crippen molar-refractivity contribution in [3.63, 3.8) is 0 Å². The zero-order valence-electron chi connectivity index (χ0n) is 31.8. The number of unbranched alkanes of at least 4 members (excludes halogenated alkanes) is 6. The van der Waals surface area contributed by atoms with E-state index in [1.807, 2.05) is 0 Å². The third-order valence-electron chi connectivity index (χ3n) is 11.4. The van der Waals surface area contributed by atoms with Crippen LogP contribution in [-0.2, 0) is 5.41 Å². The number of nitrogens with zero attached hydrogens (tertiary/aromatic N) is 1. The smallest absolute Gasteiger partial charge is 0.0462 e. The molecule has 0 atom stereocenters. The SMILES string of the molecule is CCCCCCC1(CCCCCC)c2cc(C)ccc2-c2ccc(-c3ccc(N(c4ccc(C)cc4)c4ccc(-c5ccccc5)cc4)cc3)cc21. The van der Waals surface area contributed by atoms with Crippen molar-refractivity contribution in [1.82, 2.24) is 0 Å².